The van der Waals surface area contributed by atoms with Crippen LogP contribution in [0.2, 0.25) is 0 Å². The Balaban J connectivity index is 1.32. The van der Waals surface area contributed by atoms with E-state index in [4.69, 9.17) is 9.47 Å². The minimum Gasteiger partial charge on any atom is -0.478 e. The second-order valence-corrected chi connectivity index (χ2v) is 10.7. The van der Waals surface area contributed by atoms with Gasteiger partial charge in [0.15, 0.2) is 5.82 Å². The zero-order valence-corrected chi connectivity index (χ0v) is 23.0. The van der Waals surface area contributed by atoms with Crippen molar-refractivity contribution in [2.45, 2.75) is 57.8 Å². The number of aromatic nitrogens is 3. The minimum absolute atomic E-state index is 0.0693. The zero-order valence-electron chi connectivity index (χ0n) is 23.0. The highest BCUT2D eigenvalue weighted by molar-refractivity contribution is 5.93. The standard InChI is InChI=1S/C30H27F5N4O4/c1-16-26-18(12-22(30(33,34)35)28(37-26)43-15-17-2-4-19(31)5-3-17)8-10-38(16)14-24-36-23-7-6-21(29(40)41)25(32)27(23)39(24)13-20-9-11-42-20/h2-7,12,16,20H,8-11,13-15H2,1H3,(H,40,41)/t16-,20-/m0/s1. The highest BCUT2D eigenvalue weighted by atomic mass is 19.4. The SMILES string of the molecule is C[C@H]1c2nc(OCc3ccc(F)cc3)c(C(F)(F)F)cc2CCN1Cc1nc2ccc(C(=O)O)c(F)c2n1C[C@@H]1CCO1. The van der Waals surface area contributed by atoms with Gasteiger partial charge in [0.2, 0.25) is 5.88 Å². The van der Waals surface area contributed by atoms with Crippen molar-refractivity contribution in [3.05, 3.63) is 87.9 Å². The number of rotatable bonds is 8. The largest absolute Gasteiger partial charge is 0.478 e. The van der Waals surface area contributed by atoms with Crippen LogP contribution in [0.15, 0.2) is 42.5 Å². The molecular weight excluding hydrogens is 575 g/mol. The van der Waals surface area contributed by atoms with Gasteiger partial charge < -0.3 is 19.1 Å². The third kappa shape index (κ3) is 5.66. The van der Waals surface area contributed by atoms with Crippen LogP contribution in [0.3, 0.4) is 0 Å². The van der Waals surface area contributed by atoms with Gasteiger partial charge in [-0.3, -0.25) is 4.90 Å². The lowest BCUT2D eigenvalue weighted by molar-refractivity contribution is -0.139. The number of carboxylic acids is 1. The Morgan fingerprint density at radius 2 is 1.88 bits per heavy atom. The molecule has 4 aromatic rings. The number of benzene rings is 2. The molecule has 8 nitrogen and oxygen atoms in total. The molecule has 2 aromatic carbocycles. The van der Waals surface area contributed by atoms with Crippen LogP contribution in [0.25, 0.3) is 11.0 Å². The molecule has 0 bridgehead atoms. The van der Waals surface area contributed by atoms with E-state index >= 15 is 4.39 Å². The number of carbonyl (C=O) groups is 1. The van der Waals surface area contributed by atoms with Crippen LogP contribution in [0.1, 0.15) is 58.0 Å². The molecule has 1 fully saturated rings. The van der Waals surface area contributed by atoms with Gasteiger partial charge in [-0.1, -0.05) is 12.1 Å². The molecule has 0 amide bonds. The van der Waals surface area contributed by atoms with Gasteiger partial charge in [0.25, 0.3) is 0 Å². The molecule has 0 unspecified atom stereocenters. The molecule has 0 saturated carbocycles. The lowest BCUT2D eigenvalue weighted by atomic mass is 9.97. The predicted octanol–water partition coefficient (Wildman–Crippen LogP) is 5.91. The maximum atomic E-state index is 15.4. The van der Waals surface area contributed by atoms with Crippen LogP contribution in [0.5, 0.6) is 5.88 Å². The van der Waals surface area contributed by atoms with E-state index in [1.807, 2.05) is 11.8 Å². The lowest BCUT2D eigenvalue weighted by Crippen LogP contribution is -2.36. The zero-order chi connectivity index (χ0) is 30.5. The number of hydrogen-bond acceptors (Lipinski definition) is 6. The number of alkyl halides is 3. The Labute approximate surface area is 242 Å². The molecule has 1 N–H and O–H groups in total. The summed E-state index contributed by atoms with van der Waals surface area (Å²) in [5.74, 6) is -2.84. The summed E-state index contributed by atoms with van der Waals surface area (Å²) in [4.78, 5) is 22.5. The van der Waals surface area contributed by atoms with E-state index in [1.165, 1.54) is 36.4 Å². The van der Waals surface area contributed by atoms with Crippen LogP contribution in [-0.4, -0.2) is 49.8 Å². The summed E-state index contributed by atoms with van der Waals surface area (Å²) in [6.45, 7) is 3.02. The average molecular weight is 603 g/mol. The van der Waals surface area contributed by atoms with Gasteiger partial charge in [-0.2, -0.15) is 13.2 Å². The molecule has 1 saturated heterocycles. The summed E-state index contributed by atoms with van der Waals surface area (Å²) < 4.78 is 83.3. The minimum atomic E-state index is -4.70. The van der Waals surface area contributed by atoms with E-state index in [0.717, 1.165) is 12.5 Å². The predicted molar refractivity (Wildman–Crippen MR) is 144 cm³/mol. The van der Waals surface area contributed by atoms with Gasteiger partial charge in [0.1, 0.15) is 29.3 Å². The van der Waals surface area contributed by atoms with Crippen molar-refractivity contribution in [2.24, 2.45) is 0 Å². The van der Waals surface area contributed by atoms with Crippen molar-refractivity contribution in [1.29, 1.82) is 0 Å². The molecule has 4 heterocycles. The molecule has 0 radical (unpaired) electrons. The summed E-state index contributed by atoms with van der Waals surface area (Å²) >= 11 is 0. The Morgan fingerprint density at radius 3 is 2.53 bits per heavy atom. The van der Waals surface area contributed by atoms with E-state index in [-0.39, 0.29) is 37.7 Å². The molecule has 2 aromatic heterocycles. The number of hydrogen-bond donors (Lipinski definition) is 1. The highest BCUT2D eigenvalue weighted by Crippen LogP contribution is 2.40. The summed E-state index contributed by atoms with van der Waals surface area (Å²) in [5.41, 5.74) is 0.257. The Kier molecular flexibility index (Phi) is 7.55. The Bertz CT molecular complexity index is 1690. The van der Waals surface area contributed by atoms with Crippen LogP contribution < -0.4 is 4.74 Å². The van der Waals surface area contributed by atoms with E-state index in [2.05, 4.69) is 9.97 Å². The average Bonchev–Trinajstić information content (AvgIpc) is 3.28. The fourth-order valence-corrected chi connectivity index (χ4v) is 5.53. The molecule has 43 heavy (non-hydrogen) atoms. The number of aromatic carboxylic acids is 1. The second kappa shape index (κ2) is 11.2. The third-order valence-electron chi connectivity index (χ3n) is 7.99. The number of ether oxygens (including phenoxy) is 2. The van der Waals surface area contributed by atoms with Gasteiger partial charge in [0, 0.05) is 13.2 Å². The van der Waals surface area contributed by atoms with Gasteiger partial charge >= 0.3 is 12.1 Å². The highest BCUT2D eigenvalue weighted by Gasteiger charge is 2.38. The maximum Gasteiger partial charge on any atom is 0.421 e. The number of fused-ring (bicyclic) bond motifs is 2. The van der Waals surface area contributed by atoms with Crippen molar-refractivity contribution >= 4 is 17.0 Å². The summed E-state index contributed by atoms with van der Waals surface area (Å²) in [7, 11) is 0. The van der Waals surface area contributed by atoms with E-state index < -0.39 is 46.8 Å². The molecule has 6 rings (SSSR count). The number of imidazole rings is 1. The quantitative estimate of drug-likeness (QED) is 0.251. The number of nitrogens with zero attached hydrogens (tertiary/aromatic N) is 4. The van der Waals surface area contributed by atoms with Crippen LogP contribution >= 0.6 is 0 Å². The number of carboxylic acid groups (broad SMARTS) is 1. The smallest absolute Gasteiger partial charge is 0.421 e. The van der Waals surface area contributed by atoms with Gasteiger partial charge in [-0.05, 0) is 61.2 Å². The Hall–Kier alpha value is -4.10. The van der Waals surface area contributed by atoms with Gasteiger partial charge in [-0.15, -0.1) is 0 Å². The molecule has 2 aliphatic rings. The normalized spacial score (nSPS) is 18.8. The molecule has 13 heteroatoms. The number of halogens is 5. The van der Waals surface area contributed by atoms with Crippen molar-refractivity contribution in [3.63, 3.8) is 0 Å². The third-order valence-corrected chi connectivity index (χ3v) is 7.99. The van der Waals surface area contributed by atoms with Crippen LogP contribution in [0.4, 0.5) is 22.0 Å². The van der Waals surface area contributed by atoms with Crippen molar-refractivity contribution in [2.75, 3.05) is 13.2 Å². The summed E-state index contributed by atoms with van der Waals surface area (Å²) in [5, 5.41) is 9.45. The van der Waals surface area contributed by atoms with Crippen molar-refractivity contribution < 1.29 is 41.3 Å². The van der Waals surface area contributed by atoms with Crippen molar-refractivity contribution in [3.8, 4) is 5.88 Å². The first-order valence-electron chi connectivity index (χ1n) is 13.7. The first-order valence-corrected chi connectivity index (χ1v) is 13.7. The first kappa shape index (κ1) is 29.0. The van der Waals surface area contributed by atoms with Crippen molar-refractivity contribution in [1.82, 2.24) is 19.4 Å². The summed E-state index contributed by atoms with van der Waals surface area (Å²) in [6, 6.07) is 8.50. The van der Waals surface area contributed by atoms with E-state index in [1.54, 1.807) is 4.57 Å². The monoisotopic (exact) mass is 602 g/mol. The fourth-order valence-electron chi connectivity index (χ4n) is 5.53. The van der Waals surface area contributed by atoms with Crippen LogP contribution in [-0.2, 0) is 37.0 Å². The van der Waals surface area contributed by atoms with E-state index in [9.17, 15) is 27.5 Å². The van der Waals surface area contributed by atoms with Crippen LogP contribution in [0, 0.1) is 11.6 Å². The van der Waals surface area contributed by atoms with Gasteiger partial charge in [-0.25, -0.2) is 23.5 Å². The molecule has 0 spiro atoms. The molecular formula is C30H27F5N4O4. The first-order chi connectivity index (χ1) is 20.5. The lowest BCUT2D eigenvalue weighted by Gasteiger charge is -2.35. The molecule has 226 valence electrons. The van der Waals surface area contributed by atoms with E-state index in [0.29, 0.717) is 41.3 Å². The topological polar surface area (TPSA) is 89.7 Å². The molecule has 2 atom stereocenters. The maximum absolute atomic E-state index is 15.4. The molecule has 0 aliphatic carbocycles. The Morgan fingerprint density at radius 1 is 1.14 bits per heavy atom. The fraction of sp³-hybridized carbons (Fsp3) is 0.367. The second-order valence-electron chi connectivity index (χ2n) is 10.7. The molecule has 2 aliphatic heterocycles. The number of pyridine rings is 1. The van der Waals surface area contributed by atoms with Gasteiger partial charge in [0.05, 0.1) is 42.0 Å². The summed E-state index contributed by atoms with van der Waals surface area (Å²) in [6.07, 6.45) is -3.84.